The minimum Gasteiger partial charge on any atom is -0.480 e. The number of aromatic nitrogens is 6. The molecule has 1 unspecified atom stereocenters. The highest BCUT2D eigenvalue weighted by Crippen LogP contribution is 2.54. The minimum absolute atomic E-state index is 0.269. The van der Waals surface area contributed by atoms with Crippen molar-refractivity contribution >= 4 is 11.5 Å². The van der Waals surface area contributed by atoms with Crippen LogP contribution in [0.5, 0.6) is 5.88 Å². The number of likely N-dealkylation sites (N-methyl/N-ethyl adjacent to an activating group) is 1. The number of anilines is 2. The quantitative estimate of drug-likeness (QED) is 0.282. The second-order valence-corrected chi connectivity index (χ2v) is 11.6. The second-order valence-electron chi connectivity index (χ2n) is 11.6. The number of benzene rings is 1. The van der Waals surface area contributed by atoms with Gasteiger partial charge in [0.25, 0.3) is 0 Å². The number of imidazole rings is 1. The fraction of sp³-hybridized carbons (Fsp3) is 0.452. The summed E-state index contributed by atoms with van der Waals surface area (Å²) in [6, 6.07) is 7.38. The molecule has 4 aromatic rings. The smallest absolute Gasteiger partial charge is 0.434 e. The van der Waals surface area contributed by atoms with Crippen LogP contribution in [0.1, 0.15) is 62.4 Å². The fourth-order valence-electron chi connectivity index (χ4n) is 6.27. The molecule has 2 aliphatic carbocycles. The van der Waals surface area contributed by atoms with Crippen LogP contribution in [0.4, 0.5) is 24.7 Å². The minimum atomic E-state index is -4.52. The summed E-state index contributed by atoms with van der Waals surface area (Å²) in [5.41, 5.74) is 2.38. The molecule has 2 saturated carbocycles. The van der Waals surface area contributed by atoms with Crippen molar-refractivity contribution in [2.24, 2.45) is 0 Å². The van der Waals surface area contributed by atoms with E-state index in [0.717, 1.165) is 48.8 Å². The zero-order valence-corrected chi connectivity index (χ0v) is 24.7. The monoisotopic (exact) mass is 606 g/mol. The first kappa shape index (κ1) is 28.5. The Labute approximate surface area is 252 Å². The number of hydrogen-bond donors (Lipinski definition) is 1. The van der Waals surface area contributed by atoms with Crippen LogP contribution in [-0.4, -0.2) is 60.0 Å². The average Bonchev–Trinajstić information content (AvgIpc) is 3.97. The number of hydrogen-bond acceptors (Lipinski definition) is 9. The molecule has 0 saturated heterocycles. The number of nitrogens with zero attached hydrogens (tertiary/aromatic N) is 8. The molecule has 10 nitrogen and oxygen atoms in total. The van der Waals surface area contributed by atoms with Gasteiger partial charge in [0.1, 0.15) is 23.4 Å². The van der Waals surface area contributed by atoms with Crippen molar-refractivity contribution in [3.05, 3.63) is 59.9 Å². The highest BCUT2D eigenvalue weighted by molar-refractivity contribution is 5.76. The summed E-state index contributed by atoms with van der Waals surface area (Å²) >= 11 is 0. The highest BCUT2D eigenvalue weighted by Gasteiger charge is 2.59. The summed E-state index contributed by atoms with van der Waals surface area (Å²) in [6.07, 6.45) is 2.70. The van der Waals surface area contributed by atoms with E-state index in [1.165, 1.54) is 10.9 Å². The van der Waals surface area contributed by atoms with Gasteiger partial charge in [-0.3, -0.25) is 0 Å². The molecule has 1 aromatic carbocycles. The molecule has 7 rings (SSSR count). The van der Waals surface area contributed by atoms with Crippen molar-refractivity contribution in [3.63, 3.8) is 0 Å². The molecule has 44 heavy (non-hydrogen) atoms. The molecule has 0 bridgehead atoms. The molecule has 2 fully saturated rings. The van der Waals surface area contributed by atoms with Gasteiger partial charge in [-0.05, 0) is 45.1 Å². The third kappa shape index (κ3) is 4.64. The molecule has 230 valence electrons. The average molecular weight is 607 g/mol. The lowest BCUT2D eigenvalue weighted by molar-refractivity contribution is -0.140. The summed E-state index contributed by atoms with van der Waals surface area (Å²) < 4.78 is 47.2. The molecule has 3 aliphatic rings. The Balaban J connectivity index is 1.27. The number of aliphatic hydroxyl groups is 1. The van der Waals surface area contributed by atoms with Gasteiger partial charge in [-0.15, -0.1) is 0 Å². The van der Waals surface area contributed by atoms with E-state index in [1.807, 2.05) is 24.0 Å². The van der Waals surface area contributed by atoms with E-state index >= 15 is 0 Å². The summed E-state index contributed by atoms with van der Waals surface area (Å²) in [6.45, 7) is 5.16. The maximum absolute atomic E-state index is 13.4. The molecule has 1 aliphatic heterocycles. The molecule has 0 radical (unpaired) electrons. The summed E-state index contributed by atoms with van der Waals surface area (Å²) in [5.74, 6) is 2.18. The van der Waals surface area contributed by atoms with E-state index in [0.29, 0.717) is 54.2 Å². The zero-order chi connectivity index (χ0) is 30.8. The number of halogens is 3. The number of rotatable bonds is 8. The predicted octanol–water partition coefficient (Wildman–Crippen LogP) is 5.42. The van der Waals surface area contributed by atoms with Crippen molar-refractivity contribution in [1.29, 1.82) is 0 Å². The molecule has 1 spiro atoms. The summed E-state index contributed by atoms with van der Waals surface area (Å²) in [4.78, 5) is 26.7. The van der Waals surface area contributed by atoms with Crippen LogP contribution in [0.2, 0.25) is 0 Å². The molecule has 0 amide bonds. The fourth-order valence-corrected chi connectivity index (χ4v) is 6.27. The molecular formula is C31H33F3N8O2. The van der Waals surface area contributed by atoms with Crippen LogP contribution in [-0.2, 0) is 19.3 Å². The van der Waals surface area contributed by atoms with Gasteiger partial charge < -0.3 is 24.2 Å². The summed E-state index contributed by atoms with van der Waals surface area (Å²) in [5, 5.41) is 11.6. The van der Waals surface area contributed by atoms with Crippen molar-refractivity contribution < 1.29 is 23.0 Å². The third-order valence-corrected chi connectivity index (χ3v) is 8.91. The Morgan fingerprint density at radius 2 is 1.77 bits per heavy atom. The molecule has 4 heterocycles. The third-order valence-electron chi connectivity index (χ3n) is 8.91. The first-order chi connectivity index (χ1) is 21.2. The van der Waals surface area contributed by atoms with Crippen molar-refractivity contribution in [3.8, 4) is 28.7 Å². The van der Waals surface area contributed by atoms with Crippen LogP contribution >= 0.6 is 0 Å². The first-order valence-electron chi connectivity index (χ1n) is 14.9. The van der Waals surface area contributed by atoms with E-state index in [-0.39, 0.29) is 5.82 Å². The number of fused-ring (bicyclic) bond motifs is 1. The van der Waals surface area contributed by atoms with Gasteiger partial charge >= 0.3 is 6.18 Å². The number of alkyl halides is 3. The van der Waals surface area contributed by atoms with Crippen LogP contribution in [0, 0.1) is 0 Å². The van der Waals surface area contributed by atoms with Gasteiger partial charge in [-0.2, -0.15) is 13.2 Å². The maximum atomic E-state index is 13.4. The van der Waals surface area contributed by atoms with Gasteiger partial charge in [-0.25, -0.2) is 24.9 Å². The van der Waals surface area contributed by atoms with Gasteiger partial charge in [0.2, 0.25) is 5.88 Å². The number of ether oxygens (including phenoxy) is 1. The van der Waals surface area contributed by atoms with Crippen molar-refractivity contribution in [2.75, 3.05) is 23.5 Å². The van der Waals surface area contributed by atoms with Crippen LogP contribution < -0.4 is 14.5 Å². The topological polar surface area (TPSA) is 105 Å². The Morgan fingerprint density at radius 3 is 2.39 bits per heavy atom. The number of aryl methyl sites for hydroxylation is 1. The molecule has 3 aromatic heterocycles. The largest absolute Gasteiger partial charge is 0.480 e. The molecule has 13 heteroatoms. The Hall–Kier alpha value is -4.26. The Morgan fingerprint density at radius 1 is 1.02 bits per heavy atom. The molecule has 1 atom stereocenters. The van der Waals surface area contributed by atoms with Gasteiger partial charge in [0, 0.05) is 37.3 Å². The van der Waals surface area contributed by atoms with E-state index in [9.17, 15) is 18.3 Å². The SMILES string of the molecule is CCN1c2cnc(-c3c(OC)ncnc3C3CC3)nc2N(Cc2ccc(-c3nc(C(F)(F)F)cn3CC)cc2)C2(CC2)C1O. The Bertz CT molecular complexity index is 1700. The normalized spacial score (nSPS) is 18.9. The lowest BCUT2D eigenvalue weighted by atomic mass is 10.0. The lowest BCUT2D eigenvalue weighted by Crippen LogP contribution is -2.58. The number of aliphatic hydroxyl groups excluding tert-OH is 1. The van der Waals surface area contributed by atoms with E-state index in [4.69, 9.17) is 14.7 Å². The molecular weight excluding hydrogens is 573 g/mol. The predicted molar refractivity (Wildman–Crippen MR) is 157 cm³/mol. The van der Waals surface area contributed by atoms with Crippen LogP contribution in [0.15, 0.2) is 43.0 Å². The van der Waals surface area contributed by atoms with E-state index in [1.54, 1.807) is 32.4 Å². The number of methoxy groups -OCH3 is 1. The molecule has 1 N–H and O–H groups in total. The van der Waals surface area contributed by atoms with Crippen LogP contribution in [0.3, 0.4) is 0 Å². The van der Waals surface area contributed by atoms with E-state index < -0.39 is 23.6 Å². The van der Waals surface area contributed by atoms with Gasteiger partial charge in [-0.1, -0.05) is 24.3 Å². The van der Waals surface area contributed by atoms with Crippen LogP contribution in [0.25, 0.3) is 22.8 Å². The standard InChI is InChI=1S/C31H33F3N8O2/c1-4-40-16-22(31(32,33)34)38-26(40)20-8-6-18(7-9-20)15-42-27-21(41(5-2)29(43)30(42)12-13-30)14-35-25(39-27)23-24(19-10-11-19)36-17-37-28(23)44-3/h6-9,14,16-17,19,29,43H,4-5,10-13,15H2,1-3H3. The Kier molecular flexibility index (Phi) is 6.76. The van der Waals surface area contributed by atoms with Gasteiger partial charge in [0.15, 0.2) is 23.6 Å². The second kappa shape index (κ2) is 10.4. The maximum Gasteiger partial charge on any atom is 0.434 e. The highest BCUT2D eigenvalue weighted by atomic mass is 19.4. The van der Waals surface area contributed by atoms with Crippen molar-refractivity contribution in [2.45, 2.75) is 76.5 Å². The van der Waals surface area contributed by atoms with E-state index in [2.05, 4.69) is 19.9 Å². The van der Waals surface area contributed by atoms with Crippen molar-refractivity contribution in [1.82, 2.24) is 29.5 Å². The lowest BCUT2D eigenvalue weighted by Gasteiger charge is -2.47. The van der Waals surface area contributed by atoms with Gasteiger partial charge in [0.05, 0.1) is 24.5 Å². The zero-order valence-electron chi connectivity index (χ0n) is 24.7. The summed E-state index contributed by atoms with van der Waals surface area (Å²) in [7, 11) is 1.57. The first-order valence-corrected chi connectivity index (χ1v) is 14.9.